The first-order chi connectivity index (χ1) is 8.04. The second kappa shape index (κ2) is 4.53. The number of rotatable bonds is 3. The molecule has 1 aromatic carbocycles. The van der Waals surface area contributed by atoms with Gasteiger partial charge in [-0.2, -0.15) is 0 Å². The predicted octanol–water partition coefficient (Wildman–Crippen LogP) is 3.59. The number of hydrogen-bond donors (Lipinski definition) is 1. The maximum absolute atomic E-state index is 5.81. The Bertz CT molecular complexity index is 523. The molecule has 0 aliphatic carbocycles. The first-order valence-corrected chi connectivity index (χ1v) is 6.36. The number of hydrogen-bond acceptors (Lipinski definition) is 1. The van der Waals surface area contributed by atoms with Crippen LogP contribution >= 0.6 is 0 Å². The molecule has 1 unspecified atom stereocenters. The summed E-state index contributed by atoms with van der Waals surface area (Å²) in [7, 11) is 0. The standard InChI is InChI=1S/C15H22N2/c1-10(2)17-14-6-5-11(3)7-13(14)8-15(17)12(4)9-16/h5-8,10,12H,9,16H2,1-4H3. The van der Waals surface area contributed by atoms with Crippen LogP contribution in [0.5, 0.6) is 0 Å². The first-order valence-electron chi connectivity index (χ1n) is 6.36. The average molecular weight is 230 g/mol. The molecule has 2 nitrogen and oxygen atoms in total. The number of aryl methyl sites for hydroxylation is 1. The maximum atomic E-state index is 5.81. The van der Waals surface area contributed by atoms with Crippen LogP contribution in [0, 0.1) is 6.92 Å². The summed E-state index contributed by atoms with van der Waals surface area (Å²) in [6, 6.07) is 9.41. The van der Waals surface area contributed by atoms with Gasteiger partial charge < -0.3 is 10.3 Å². The van der Waals surface area contributed by atoms with Crippen molar-refractivity contribution in [1.82, 2.24) is 4.57 Å². The highest BCUT2D eigenvalue weighted by Gasteiger charge is 2.15. The van der Waals surface area contributed by atoms with Crippen molar-refractivity contribution >= 4 is 10.9 Å². The lowest BCUT2D eigenvalue weighted by atomic mass is 10.1. The Hall–Kier alpha value is -1.28. The Morgan fingerprint density at radius 1 is 1.18 bits per heavy atom. The fourth-order valence-electron chi connectivity index (χ4n) is 2.45. The van der Waals surface area contributed by atoms with E-state index in [2.05, 4.69) is 56.5 Å². The molecule has 0 aliphatic heterocycles. The van der Waals surface area contributed by atoms with E-state index in [9.17, 15) is 0 Å². The van der Waals surface area contributed by atoms with Gasteiger partial charge >= 0.3 is 0 Å². The normalized spacial score (nSPS) is 13.5. The highest BCUT2D eigenvalue weighted by Crippen LogP contribution is 2.29. The van der Waals surface area contributed by atoms with Gasteiger partial charge in [0.05, 0.1) is 0 Å². The van der Waals surface area contributed by atoms with E-state index in [0.717, 1.165) is 0 Å². The lowest BCUT2D eigenvalue weighted by Crippen LogP contribution is -2.14. The molecule has 17 heavy (non-hydrogen) atoms. The summed E-state index contributed by atoms with van der Waals surface area (Å²) >= 11 is 0. The Kier molecular flexibility index (Phi) is 3.25. The molecule has 2 aromatic rings. The number of fused-ring (bicyclic) bond motifs is 1. The van der Waals surface area contributed by atoms with Crippen molar-refractivity contribution in [1.29, 1.82) is 0 Å². The van der Waals surface area contributed by atoms with Gasteiger partial charge in [-0.3, -0.25) is 0 Å². The molecule has 0 saturated heterocycles. The summed E-state index contributed by atoms with van der Waals surface area (Å²) in [5.74, 6) is 0.408. The average Bonchev–Trinajstić information content (AvgIpc) is 2.66. The minimum Gasteiger partial charge on any atom is -0.342 e. The molecular formula is C15H22N2. The molecule has 1 aromatic heterocycles. The summed E-state index contributed by atoms with van der Waals surface area (Å²) in [6.45, 7) is 9.48. The summed E-state index contributed by atoms with van der Waals surface area (Å²) in [6.07, 6.45) is 0. The third kappa shape index (κ3) is 2.09. The Morgan fingerprint density at radius 3 is 2.47 bits per heavy atom. The zero-order chi connectivity index (χ0) is 12.6. The van der Waals surface area contributed by atoms with E-state index in [4.69, 9.17) is 5.73 Å². The fourth-order valence-corrected chi connectivity index (χ4v) is 2.45. The lowest BCUT2D eigenvalue weighted by molar-refractivity contribution is 0.567. The first kappa shape index (κ1) is 12.2. The molecule has 0 amide bonds. The van der Waals surface area contributed by atoms with E-state index < -0.39 is 0 Å². The topological polar surface area (TPSA) is 30.9 Å². The van der Waals surface area contributed by atoms with Crippen LogP contribution in [-0.4, -0.2) is 11.1 Å². The number of nitrogens with zero attached hydrogens (tertiary/aromatic N) is 1. The smallest absolute Gasteiger partial charge is 0.0485 e. The van der Waals surface area contributed by atoms with Gasteiger partial charge in [-0.25, -0.2) is 0 Å². The van der Waals surface area contributed by atoms with Gasteiger partial charge in [0.1, 0.15) is 0 Å². The summed E-state index contributed by atoms with van der Waals surface area (Å²) in [5, 5.41) is 1.33. The van der Waals surface area contributed by atoms with Gasteiger partial charge in [0, 0.05) is 35.1 Å². The molecule has 0 bridgehead atoms. The van der Waals surface area contributed by atoms with Crippen molar-refractivity contribution in [2.45, 2.75) is 39.7 Å². The van der Waals surface area contributed by atoms with E-state index in [1.807, 2.05) is 0 Å². The highest BCUT2D eigenvalue weighted by atomic mass is 15.0. The molecule has 92 valence electrons. The van der Waals surface area contributed by atoms with Gasteiger partial charge in [0.25, 0.3) is 0 Å². The highest BCUT2D eigenvalue weighted by molar-refractivity contribution is 5.82. The zero-order valence-electron chi connectivity index (χ0n) is 11.2. The minimum absolute atomic E-state index is 0.408. The van der Waals surface area contributed by atoms with Crippen LogP contribution in [0.25, 0.3) is 10.9 Å². The van der Waals surface area contributed by atoms with Gasteiger partial charge in [-0.15, -0.1) is 0 Å². The molecule has 1 atom stereocenters. The summed E-state index contributed by atoms with van der Waals surface area (Å²) in [4.78, 5) is 0. The van der Waals surface area contributed by atoms with Gasteiger partial charge in [0.15, 0.2) is 0 Å². The molecule has 0 aliphatic rings. The van der Waals surface area contributed by atoms with Crippen LogP contribution < -0.4 is 5.73 Å². The monoisotopic (exact) mass is 230 g/mol. The second-order valence-corrected chi connectivity index (χ2v) is 5.23. The van der Waals surface area contributed by atoms with Crippen LogP contribution in [0.1, 0.15) is 44.0 Å². The Balaban J connectivity index is 2.70. The summed E-state index contributed by atoms with van der Waals surface area (Å²) < 4.78 is 2.41. The molecule has 0 fully saturated rings. The van der Waals surface area contributed by atoms with Crippen molar-refractivity contribution in [3.63, 3.8) is 0 Å². The molecular weight excluding hydrogens is 208 g/mol. The molecule has 2 N–H and O–H groups in total. The van der Waals surface area contributed by atoms with Crippen LogP contribution in [0.15, 0.2) is 24.3 Å². The second-order valence-electron chi connectivity index (χ2n) is 5.23. The number of nitrogens with two attached hydrogens (primary N) is 1. The fraction of sp³-hybridized carbons (Fsp3) is 0.467. The van der Waals surface area contributed by atoms with Crippen molar-refractivity contribution in [3.8, 4) is 0 Å². The molecule has 1 heterocycles. The molecule has 0 radical (unpaired) electrons. The minimum atomic E-state index is 0.408. The van der Waals surface area contributed by atoms with E-state index in [1.54, 1.807) is 0 Å². The van der Waals surface area contributed by atoms with E-state index in [0.29, 0.717) is 18.5 Å². The van der Waals surface area contributed by atoms with E-state index in [1.165, 1.54) is 22.2 Å². The van der Waals surface area contributed by atoms with Crippen molar-refractivity contribution in [3.05, 3.63) is 35.5 Å². The van der Waals surface area contributed by atoms with Gasteiger partial charge in [-0.1, -0.05) is 18.6 Å². The van der Waals surface area contributed by atoms with Crippen molar-refractivity contribution in [2.24, 2.45) is 5.73 Å². The predicted molar refractivity (Wildman–Crippen MR) is 74.5 cm³/mol. The molecule has 0 spiro atoms. The molecule has 2 heteroatoms. The molecule has 0 saturated carbocycles. The number of aromatic nitrogens is 1. The van der Waals surface area contributed by atoms with Crippen LogP contribution in [0.3, 0.4) is 0 Å². The van der Waals surface area contributed by atoms with Crippen molar-refractivity contribution < 1.29 is 0 Å². The Labute approximate surface area is 103 Å². The van der Waals surface area contributed by atoms with Crippen LogP contribution in [0.2, 0.25) is 0 Å². The van der Waals surface area contributed by atoms with Crippen molar-refractivity contribution in [2.75, 3.05) is 6.54 Å². The summed E-state index contributed by atoms with van der Waals surface area (Å²) in [5.41, 5.74) is 9.79. The van der Waals surface area contributed by atoms with Gasteiger partial charge in [-0.05, 0) is 39.0 Å². The van der Waals surface area contributed by atoms with Crippen LogP contribution in [0.4, 0.5) is 0 Å². The van der Waals surface area contributed by atoms with Crippen LogP contribution in [-0.2, 0) is 0 Å². The largest absolute Gasteiger partial charge is 0.342 e. The number of benzene rings is 1. The lowest BCUT2D eigenvalue weighted by Gasteiger charge is -2.18. The van der Waals surface area contributed by atoms with E-state index >= 15 is 0 Å². The quantitative estimate of drug-likeness (QED) is 0.858. The SMILES string of the molecule is Cc1ccc2c(c1)cc(C(C)CN)n2C(C)C. The van der Waals surface area contributed by atoms with Gasteiger partial charge in [0.2, 0.25) is 0 Å². The third-order valence-corrected chi connectivity index (χ3v) is 3.40. The Morgan fingerprint density at radius 2 is 1.88 bits per heavy atom. The zero-order valence-corrected chi connectivity index (χ0v) is 11.2. The third-order valence-electron chi connectivity index (χ3n) is 3.40. The van der Waals surface area contributed by atoms with E-state index in [-0.39, 0.29) is 0 Å². The maximum Gasteiger partial charge on any atom is 0.0485 e. The molecule has 2 rings (SSSR count).